The molecule has 2 bridgehead atoms. The van der Waals surface area contributed by atoms with Crippen molar-refractivity contribution in [3.8, 4) is 0 Å². The van der Waals surface area contributed by atoms with Gasteiger partial charge in [0.05, 0.1) is 0 Å². The van der Waals surface area contributed by atoms with Crippen molar-refractivity contribution in [2.45, 2.75) is 50.6 Å². The molecule has 0 radical (unpaired) electrons. The van der Waals surface area contributed by atoms with Gasteiger partial charge in [-0.3, -0.25) is 9.78 Å². The van der Waals surface area contributed by atoms with E-state index in [1.165, 1.54) is 31.2 Å². The number of likely N-dealkylation sites (N-methyl/N-ethyl adjacent to an activating group) is 1. The lowest BCUT2D eigenvalue weighted by atomic mass is 9.89. The first kappa shape index (κ1) is 20.2. The Labute approximate surface area is 151 Å². The van der Waals surface area contributed by atoms with Gasteiger partial charge in [-0.15, -0.1) is 24.8 Å². The van der Waals surface area contributed by atoms with Crippen molar-refractivity contribution in [3.05, 3.63) is 30.1 Å². The highest BCUT2D eigenvalue weighted by molar-refractivity contribution is 5.85. The van der Waals surface area contributed by atoms with Gasteiger partial charge in [0.25, 0.3) is 0 Å². The van der Waals surface area contributed by atoms with Gasteiger partial charge in [0.2, 0.25) is 5.91 Å². The Kier molecular flexibility index (Phi) is 8.31. The van der Waals surface area contributed by atoms with E-state index in [2.05, 4.69) is 10.3 Å². The van der Waals surface area contributed by atoms with E-state index in [0.717, 1.165) is 19.4 Å². The van der Waals surface area contributed by atoms with E-state index in [4.69, 9.17) is 0 Å². The summed E-state index contributed by atoms with van der Waals surface area (Å²) in [5, 5.41) is 3.64. The van der Waals surface area contributed by atoms with E-state index < -0.39 is 0 Å². The lowest BCUT2D eigenvalue weighted by Gasteiger charge is -2.30. The second kappa shape index (κ2) is 9.45. The number of rotatable bonds is 5. The van der Waals surface area contributed by atoms with E-state index in [-0.39, 0.29) is 24.8 Å². The fraction of sp³-hybridized carbons (Fsp3) is 0.647. The van der Waals surface area contributed by atoms with Gasteiger partial charge in [-0.1, -0.05) is 0 Å². The van der Waals surface area contributed by atoms with Crippen molar-refractivity contribution in [2.75, 3.05) is 13.6 Å². The predicted molar refractivity (Wildman–Crippen MR) is 97.4 cm³/mol. The summed E-state index contributed by atoms with van der Waals surface area (Å²) in [5.41, 5.74) is 1.24. The third-order valence-electron chi connectivity index (χ3n) is 4.94. The van der Waals surface area contributed by atoms with Gasteiger partial charge >= 0.3 is 0 Å². The minimum atomic E-state index is 0. The summed E-state index contributed by atoms with van der Waals surface area (Å²) in [4.78, 5) is 18.3. The maximum atomic E-state index is 12.4. The van der Waals surface area contributed by atoms with E-state index in [0.29, 0.717) is 23.9 Å². The molecule has 2 saturated heterocycles. The Balaban J connectivity index is 0.00000132. The van der Waals surface area contributed by atoms with Crippen LogP contribution in [0.25, 0.3) is 0 Å². The zero-order chi connectivity index (χ0) is 14.7. The normalized spacial score (nSPS) is 25.2. The lowest BCUT2D eigenvalue weighted by Crippen LogP contribution is -2.40. The first-order valence-electron chi connectivity index (χ1n) is 8.09. The van der Waals surface area contributed by atoms with Crippen molar-refractivity contribution < 1.29 is 4.79 Å². The molecule has 130 valence electrons. The summed E-state index contributed by atoms with van der Waals surface area (Å²) < 4.78 is 0. The van der Waals surface area contributed by atoms with E-state index in [9.17, 15) is 4.79 Å². The van der Waals surface area contributed by atoms with Gasteiger partial charge in [-0.2, -0.15) is 0 Å². The number of hydrogen-bond donors (Lipinski definition) is 1. The highest BCUT2D eigenvalue weighted by atomic mass is 35.5. The number of nitrogens with one attached hydrogen (secondary N) is 1. The molecule has 2 aliphatic heterocycles. The van der Waals surface area contributed by atoms with Gasteiger partial charge < -0.3 is 10.2 Å². The third kappa shape index (κ3) is 5.63. The molecule has 6 heteroatoms. The number of amides is 1. The van der Waals surface area contributed by atoms with E-state index in [1.54, 1.807) is 0 Å². The Morgan fingerprint density at radius 2 is 1.83 bits per heavy atom. The SMILES string of the molecule is CN(CCc1ccncc1)C(=O)CC1CC2CCC(C1)N2.Cl.Cl. The lowest BCUT2D eigenvalue weighted by molar-refractivity contribution is -0.131. The number of nitrogens with zero attached hydrogens (tertiary/aromatic N) is 2. The van der Waals surface area contributed by atoms with Gasteiger partial charge in [0.1, 0.15) is 0 Å². The molecule has 23 heavy (non-hydrogen) atoms. The van der Waals surface area contributed by atoms with Gasteiger partial charge in [-0.05, 0) is 55.7 Å². The number of fused-ring (bicyclic) bond motifs is 2. The molecule has 0 aromatic carbocycles. The first-order chi connectivity index (χ1) is 10.2. The maximum absolute atomic E-state index is 12.4. The van der Waals surface area contributed by atoms with E-state index >= 15 is 0 Å². The van der Waals surface area contributed by atoms with Crippen LogP contribution >= 0.6 is 24.8 Å². The van der Waals surface area contributed by atoms with E-state index in [1.807, 2.05) is 36.5 Å². The summed E-state index contributed by atoms with van der Waals surface area (Å²) >= 11 is 0. The van der Waals surface area contributed by atoms with Gasteiger partial charge in [0.15, 0.2) is 0 Å². The van der Waals surface area contributed by atoms with Crippen molar-refractivity contribution in [1.29, 1.82) is 0 Å². The van der Waals surface area contributed by atoms with Crippen molar-refractivity contribution in [2.24, 2.45) is 5.92 Å². The molecule has 3 heterocycles. The van der Waals surface area contributed by atoms with Crippen LogP contribution in [0.1, 0.15) is 37.7 Å². The monoisotopic (exact) mass is 359 g/mol. The molecule has 0 aliphatic carbocycles. The van der Waals surface area contributed by atoms with Crippen LogP contribution in [-0.4, -0.2) is 41.5 Å². The van der Waals surface area contributed by atoms with Gasteiger partial charge in [-0.25, -0.2) is 0 Å². The molecule has 1 N–H and O–H groups in total. The molecule has 0 saturated carbocycles. The molecule has 3 rings (SSSR count). The topological polar surface area (TPSA) is 45.2 Å². The molecule has 4 nitrogen and oxygen atoms in total. The quantitative estimate of drug-likeness (QED) is 0.878. The second-order valence-corrected chi connectivity index (χ2v) is 6.60. The van der Waals surface area contributed by atoms with Crippen LogP contribution in [0.15, 0.2) is 24.5 Å². The number of piperidine rings is 1. The van der Waals surface area contributed by atoms with Crippen LogP contribution in [0.4, 0.5) is 0 Å². The number of aromatic nitrogens is 1. The highest BCUT2D eigenvalue weighted by Crippen LogP contribution is 2.32. The van der Waals surface area contributed by atoms with Crippen LogP contribution in [0.5, 0.6) is 0 Å². The molecular formula is C17H27Cl2N3O. The average Bonchev–Trinajstić information content (AvgIpc) is 2.84. The highest BCUT2D eigenvalue weighted by Gasteiger charge is 2.34. The largest absolute Gasteiger partial charge is 0.345 e. The Morgan fingerprint density at radius 3 is 2.43 bits per heavy atom. The molecule has 1 aromatic heterocycles. The molecule has 1 aromatic rings. The Bertz CT molecular complexity index is 474. The number of hydrogen-bond acceptors (Lipinski definition) is 3. The van der Waals surface area contributed by atoms with Crippen molar-refractivity contribution in [3.63, 3.8) is 0 Å². The van der Waals surface area contributed by atoms with Gasteiger partial charge in [0, 0.05) is 44.5 Å². The van der Waals surface area contributed by atoms with Crippen molar-refractivity contribution >= 4 is 30.7 Å². The zero-order valence-corrected chi connectivity index (χ0v) is 15.2. The molecule has 0 spiro atoms. The van der Waals surface area contributed by atoms with Crippen molar-refractivity contribution in [1.82, 2.24) is 15.2 Å². The number of carbonyl (C=O) groups excluding carboxylic acids is 1. The van der Waals surface area contributed by atoms with Crippen LogP contribution in [-0.2, 0) is 11.2 Å². The maximum Gasteiger partial charge on any atom is 0.222 e. The first-order valence-corrected chi connectivity index (χ1v) is 8.09. The number of pyridine rings is 1. The summed E-state index contributed by atoms with van der Waals surface area (Å²) in [6.07, 6.45) is 10.2. The molecule has 2 unspecified atom stereocenters. The minimum Gasteiger partial charge on any atom is -0.345 e. The predicted octanol–water partition coefficient (Wildman–Crippen LogP) is 2.85. The van der Waals surface area contributed by atoms with Crippen LogP contribution < -0.4 is 5.32 Å². The summed E-state index contributed by atoms with van der Waals surface area (Å²) in [5.74, 6) is 0.884. The van der Waals surface area contributed by atoms with Crippen LogP contribution in [0.3, 0.4) is 0 Å². The third-order valence-corrected chi connectivity index (χ3v) is 4.94. The smallest absolute Gasteiger partial charge is 0.222 e. The standard InChI is InChI=1S/C17H25N3O.2ClH/c1-20(9-6-13-4-7-18-8-5-13)17(21)12-14-10-15-2-3-16(11-14)19-15;;/h4-5,7-8,14-16,19H,2-3,6,9-12H2,1H3;2*1H. The Morgan fingerprint density at radius 1 is 1.22 bits per heavy atom. The second-order valence-electron chi connectivity index (χ2n) is 6.60. The fourth-order valence-electron chi connectivity index (χ4n) is 3.72. The minimum absolute atomic E-state index is 0. The zero-order valence-electron chi connectivity index (χ0n) is 13.6. The number of carbonyl (C=O) groups is 1. The molecular weight excluding hydrogens is 333 g/mol. The summed E-state index contributed by atoms with van der Waals surface area (Å²) in [6.45, 7) is 0.792. The Hall–Kier alpha value is -0.840. The molecule has 2 aliphatic rings. The molecule has 2 fully saturated rings. The summed E-state index contributed by atoms with van der Waals surface area (Å²) in [7, 11) is 1.93. The average molecular weight is 360 g/mol. The van der Waals surface area contributed by atoms with Crippen LogP contribution in [0.2, 0.25) is 0 Å². The summed E-state index contributed by atoms with van der Waals surface area (Å²) in [6, 6.07) is 5.37. The molecule has 2 atom stereocenters. The number of halogens is 2. The fourth-order valence-corrected chi connectivity index (χ4v) is 3.72. The van der Waals surface area contributed by atoms with Crippen LogP contribution in [0, 0.1) is 5.92 Å². The molecule has 1 amide bonds.